The Bertz CT molecular complexity index is 1130. The number of thiophene rings is 1. The summed E-state index contributed by atoms with van der Waals surface area (Å²) in [7, 11) is 0. The second-order valence-corrected chi connectivity index (χ2v) is 9.57. The number of halogens is 2. The Kier molecular flexibility index (Phi) is 5.01. The fraction of sp³-hybridized carbons (Fsp3) is 0.250. The Morgan fingerprint density at radius 1 is 0.821 bits per heavy atom. The molecule has 3 aromatic carbocycles. The van der Waals surface area contributed by atoms with Crippen LogP contribution in [0.4, 0.5) is 15.8 Å². The van der Waals surface area contributed by atoms with E-state index in [1.54, 1.807) is 23.5 Å². The van der Waals surface area contributed by atoms with Crippen molar-refractivity contribution in [2.24, 2.45) is 0 Å². The second kappa shape index (κ2) is 7.64. The van der Waals surface area contributed by atoms with Crippen LogP contribution >= 0.6 is 34.2 Å². The van der Waals surface area contributed by atoms with Gasteiger partial charge in [-0.1, -0.05) is 55.7 Å². The highest BCUT2D eigenvalue weighted by Crippen LogP contribution is 2.44. The van der Waals surface area contributed by atoms with Crippen LogP contribution in [0, 0.1) is 5.82 Å². The van der Waals surface area contributed by atoms with Crippen LogP contribution in [0.25, 0.3) is 20.2 Å². The lowest BCUT2D eigenvalue weighted by Gasteiger charge is -2.23. The molecule has 4 heteroatoms. The molecule has 1 aromatic heterocycles. The van der Waals surface area contributed by atoms with E-state index in [1.165, 1.54) is 37.7 Å². The molecule has 142 valence electrons. The van der Waals surface area contributed by atoms with Gasteiger partial charge < -0.3 is 0 Å². The smallest absolute Gasteiger partial charge is 0.141 e. The minimum atomic E-state index is -0.138. The van der Waals surface area contributed by atoms with Gasteiger partial charge in [0.1, 0.15) is 5.82 Å². The molecular weight excluding hydrogens is 480 g/mol. The first kappa shape index (κ1) is 18.4. The highest BCUT2D eigenvalue weighted by atomic mass is 127. The Morgan fingerprint density at radius 2 is 1.50 bits per heavy atom. The quantitative estimate of drug-likeness (QED) is 0.200. The molecule has 1 fully saturated rings. The third-order valence-corrected chi connectivity index (χ3v) is 8.19. The highest BCUT2D eigenvalue weighted by molar-refractivity contribution is 14.1. The molecule has 1 aliphatic carbocycles. The van der Waals surface area contributed by atoms with Crippen LogP contribution in [0.15, 0.2) is 60.7 Å². The maximum Gasteiger partial charge on any atom is 0.141 e. The lowest BCUT2D eigenvalue weighted by atomic mass is 9.84. The predicted molar refractivity (Wildman–Crippen MR) is 128 cm³/mol. The summed E-state index contributed by atoms with van der Waals surface area (Å²) in [6, 6.07) is 20.7. The van der Waals surface area contributed by atoms with Gasteiger partial charge in [-0.3, -0.25) is 3.11 Å². The molecule has 0 amide bonds. The lowest BCUT2D eigenvalue weighted by molar-refractivity contribution is 0.443. The van der Waals surface area contributed by atoms with Crippen molar-refractivity contribution < 1.29 is 4.39 Å². The molecule has 0 aliphatic heterocycles. The molecule has 0 radical (unpaired) electrons. The van der Waals surface area contributed by atoms with Gasteiger partial charge in [0, 0.05) is 10.8 Å². The number of benzene rings is 3. The molecule has 5 rings (SSSR count). The van der Waals surface area contributed by atoms with Crippen LogP contribution in [-0.2, 0) is 0 Å². The normalized spacial score (nSPS) is 15.4. The van der Waals surface area contributed by atoms with Crippen LogP contribution in [0.2, 0.25) is 0 Å². The molecule has 0 saturated heterocycles. The van der Waals surface area contributed by atoms with E-state index < -0.39 is 0 Å². The summed E-state index contributed by atoms with van der Waals surface area (Å²) >= 11 is 3.91. The third-order valence-electron chi connectivity index (χ3n) is 5.86. The highest BCUT2D eigenvalue weighted by Gasteiger charge is 2.18. The van der Waals surface area contributed by atoms with Gasteiger partial charge in [-0.15, -0.1) is 11.3 Å². The first-order chi connectivity index (χ1) is 13.7. The molecule has 1 heterocycles. The van der Waals surface area contributed by atoms with E-state index in [9.17, 15) is 4.39 Å². The van der Waals surface area contributed by atoms with E-state index in [0.717, 1.165) is 37.5 Å². The summed E-state index contributed by atoms with van der Waals surface area (Å²) in [5, 5.41) is 2.12. The van der Waals surface area contributed by atoms with Gasteiger partial charge in [0.05, 0.1) is 43.6 Å². The van der Waals surface area contributed by atoms with E-state index in [4.69, 9.17) is 0 Å². The molecule has 1 nitrogen and oxygen atoms in total. The molecule has 1 aliphatic rings. The molecular formula is C24H21FINS. The number of rotatable bonds is 3. The molecule has 0 atom stereocenters. The van der Waals surface area contributed by atoms with Crippen molar-refractivity contribution in [2.45, 2.75) is 38.0 Å². The number of fused-ring (bicyclic) bond motifs is 3. The van der Waals surface area contributed by atoms with Gasteiger partial charge in [0.2, 0.25) is 0 Å². The van der Waals surface area contributed by atoms with Crippen LogP contribution in [0.3, 0.4) is 0 Å². The average Bonchev–Trinajstić information content (AvgIpc) is 3.14. The molecule has 4 aromatic rings. The minimum absolute atomic E-state index is 0.138. The fourth-order valence-corrected chi connectivity index (χ4v) is 6.47. The Hall–Kier alpha value is -1.66. The Labute approximate surface area is 182 Å². The lowest BCUT2D eigenvalue weighted by Crippen LogP contribution is -2.05. The summed E-state index contributed by atoms with van der Waals surface area (Å²) in [6.07, 6.45) is 6.74. The van der Waals surface area contributed by atoms with Gasteiger partial charge in [-0.2, -0.15) is 0 Å². The number of nitrogens with zero attached hydrogens (tertiary/aromatic N) is 1. The number of anilines is 2. The van der Waals surface area contributed by atoms with Gasteiger partial charge in [0.25, 0.3) is 0 Å². The SMILES string of the molecule is Fc1cccc2c1sc1c(N(I)c3ccc(C4CCCCC4)cc3)cccc12. The summed E-state index contributed by atoms with van der Waals surface area (Å²) < 4.78 is 18.4. The fourth-order valence-electron chi connectivity index (χ4n) is 4.38. The monoisotopic (exact) mass is 501 g/mol. The Balaban J connectivity index is 1.52. The van der Waals surface area contributed by atoms with E-state index >= 15 is 0 Å². The van der Waals surface area contributed by atoms with Gasteiger partial charge in [0.15, 0.2) is 0 Å². The maximum absolute atomic E-state index is 14.3. The molecule has 0 bridgehead atoms. The molecule has 0 unspecified atom stereocenters. The van der Waals surface area contributed by atoms with E-state index in [-0.39, 0.29) is 5.82 Å². The van der Waals surface area contributed by atoms with E-state index in [2.05, 4.69) is 68.4 Å². The summed E-state index contributed by atoms with van der Waals surface area (Å²) in [5.74, 6) is 0.584. The molecule has 28 heavy (non-hydrogen) atoms. The molecule has 0 spiro atoms. The zero-order valence-corrected chi connectivity index (χ0v) is 18.5. The van der Waals surface area contributed by atoms with Crippen molar-refractivity contribution in [3.8, 4) is 0 Å². The minimum Gasteiger partial charge on any atom is -0.282 e. The topological polar surface area (TPSA) is 3.24 Å². The van der Waals surface area contributed by atoms with Gasteiger partial charge in [-0.25, -0.2) is 4.39 Å². The van der Waals surface area contributed by atoms with Crippen molar-refractivity contribution in [1.82, 2.24) is 0 Å². The van der Waals surface area contributed by atoms with Crippen LogP contribution in [0.5, 0.6) is 0 Å². The van der Waals surface area contributed by atoms with Gasteiger partial charge in [-0.05, 0) is 48.6 Å². The first-order valence-corrected chi connectivity index (χ1v) is 11.7. The second-order valence-electron chi connectivity index (χ2n) is 7.58. The number of hydrogen-bond acceptors (Lipinski definition) is 2. The molecule has 1 saturated carbocycles. The first-order valence-electron chi connectivity index (χ1n) is 9.88. The van der Waals surface area contributed by atoms with Gasteiger partial charge >= 0.3 is 0 Å². The van der Waals surface area contributed by atoms with E-state index in [0.29, 0.717) is 0 Å². The van der Waals surface area contributed by atoms with E-state index in [1.807, 2.05) is 6.07 Å². The van der Waals surface area contributed by atoms with Crippen molar-refractivity contribution in [3.63, 3.8) is 0 Å². The summed E-state index contributed by atoms with van der Waals surface area (Å²) in [5.41, 5.74) is 3.74. The largest absolute Gasteiger partial charge is 0.282 e. The molecule has 0 N–H and O–H groups in total. The van der Waals surface area contributed by atoms with Crippen molar-refractivity contribution >= 4 is 65.7 Å². The van der Waals surface area contributed by atoms with Crippen LogP contribution < -0.4 is 3.11 Å². The average molecular weight is 501 g/mol. The van der Waals surface area contributed by atoms with Crippen molar-refractivity contribution in [2.75, 3.05) is 3.11 Å². The van der Waals surface area contributed by atoms with Crippen LogP contribution in [0.1, 0.15) is 43.6 Å². The predicted octanol–water partition coefficient (Wildman–Crippen LogP) is 8.73. The van der Waals surface area contributed by atoms with Crippen molar-refractivity contribution in [1.29, 1.82) is 0 Å². The van der Waals surface area contributed by atoms with Crippen LogP contribution in [-0.4, -0.2) is 0 Å². The summed E-state index contributed by atoms with van der Waals surface area (Å²) in [6.45, 7) is 0. The third kappa shape index (κ3) is 3.20. The maximum atomic E-state index is 14.3. The zero-order valence-electron chi connectivity index (χ0n) is 15.5. The standard InChI is InChI=1S/C24H21FINS/c25-21-10-4-8-19-20-9-5-11-22(24(20)28-23(19)21)27(26)18-14-12-17(13-15-18)16-6-2-1-3-7-16/h4-5,8-16H,1-3,6-7H2. The Morgan fingerprint density at radius 3 is 2.25 bits per heavy atom. The van der Waals surface area contributed by atoms with Crippen molar-refractivity contribution in [3.05, 3.63) is 72.0 Å². The zero-order chi connectivity index (χ0) is 19.1. The number of hydrogen-bond donors (Lipinski definition) is 0. The summed E-state index contributed by atoms with van der Waals surface area (Å²) in [4.78, 5) is 0.